The fraction of sp³-hybridized carbons (Fsp3) is 0.200. The molecule has 0 aliphatic rings. The second-order valence-electron chi connectivity index (χ2n) is 3.35. The smallest absolute Gasteiger partial charge is 0.248 e. The number of nitrogens with two attached hydrogens (primary N) is 1. The lowest BCUT2D eigenvalue weighted by atomic mass is 10.0. The van der Waals surface area contributed by atoms with Gasteiger partial charge in [-0.1, -0.05) is 23.4 Å². The van der Waals surface area contributed by atoms with Crippen molar-refractivity contribution < 1.29 is 4.79 Å². The Balaban J connectivity index is 2.12. The standard InChI is InChI=1S/C10H11N5O/c11-10(16)8-4-2-1-3-7(8)5-6-9-12-14-15-13-9/h1-4H,5-6H2,(H2,11,16)(H,12,13,14,15). The van der Waals surface area contributed by atoms with E-state index in [2.05, 4.69) is 20.6 Å². The van der Waals surface area contributed by atoms with E-state index in [0.717, 1.165) is 5.56 Å². The van der Waals surface area contributed by atoms with Gasteiger partial charge in [-0.05, 0) is 18.1 Å². The van der Waals surface area contributed by atoms with Gasteiger partial charge in [-0.25, -0.2) is 0 Å². The van der Waals surface area contributed by atoms with E-state index >= 15 is 0 Å². The Kier molecular flexibility index (Phi) is 2.90. The summed E-state index contributed by atoms with van der Waals surface area (Å²) in [7, 11) is 0. The Morgan fingerprint density at radius 2 is 2.12 bits per heavy atom. The normalized spacial score (nSPS) is 10.2. The number of rotatable bonds is 4. The molecule has 16 heavy (non-hydrogen) atoms. The van der Waals surface area contributed by atoms with Crippen LogP contribution in [0.25, 0.3) is 0 Å². The predicted molar refractivity (Wildman–Crippen MR) is 56.5 cm³/mol. The maximum atomic E-state index is 11.2. The van der Waals surface area contributed by atoms with Gasteiger partial charge in [-0.2, -0.15) is 5.21 Å². The highest BCUT2D eigenvalue weighted by Crippen LogP contribution is 2.10. The average Bonchev–Trinajstić information content (AvgIpc) is 2.79. The van der Waals surface area contributed by atoms with E-state index in [0.29, 0.717) is 24.2 Å². The van der Waals surface area contributed by atoms with Crippen LogP contribution < -0.4 is 5.73 Å². The van der Waals surface area contributed by atoms with Gasteiger partial charge >= 0.3 is 0 Å². The second-order valence-corrected chi connectivity index (χ2v) is 3.35. The van der Waals surface area contributed by atoms with Gasteiger partial charge in [0.1, 0.15) is 0 Å². The molecule has 2 rings (SSSR count). The molecule has 0 fully saturated rings. The van der Waals surface area contributed by atoms with Crippen molar-refractivity contribution >= 4 is 5.91 Å². The molecule has 0 radical (unpaired) electrons. The number of aromatic amines is 1. The van der Waals surface area contributed by atoms with E-state index in [1.54, 1.807) is 12.1 Å². The van der Waals surface area contributed by atoms with Gasteiger partial charge in [0.05, 0.1) is 0 Å². The van der Waals surface area contributed by atoms with E-state index in [1.807, 2.05) is 12.1 Å². The number of aromatic nitrogens is 4. The molecule has 0 bridgehead atoms. The van der Waals surface area contributed by atoms with Gasteiger partial charge in [0, 0.05) is 12.0 Å². The number of hydrogen-bond donors (Lipinski definition) is 2. The monoisotopic (exact) mass is 217 g/mol. The molecule has 3 N–H and O–H groups in total. The van der Waals surface area contributed by atoms with Crippen LogP contribution in [-0.2, 0) is 12.8 Å². The number of benzene rings is 1. The summed E-state index contributed by atoms with van der Waals surface area (Å²) in [5.41, 5.74) is 6.72. The van der Waals surface area contributed by atoms with Crippen molar-refractivity contribution in [3.05, 3.63) is 41.2 Å². The average molecular weight is 217 g/mol. The second kappa shape index (κ2) is 4.52. The molecule has 1 heterocycles. The number of carbonyl (C=O) groups excluding carboxylic acids is 1. The van der Waals surface area contributed by atoms with Gasteiger partial charge in [0.15, 0.2) is 5.82 Å². The van der Waals surface area contributed by atoms with Gasteiger partial charge < -0.3 is 5.73 Å². The molecule has 1 aromatic carbocycles. The fourth-order valence-corrected chi connectivity index (χ4v) is 1.51. The Morgan fingerprint density at radius 1 is 1.31 bits per heavy atom. The minimum absolute atomic E-state index is 0.413. The summed E-state index contributed by atoms with van der Waals surface area (Å²) in [5, 5.41) is 13.5. The third kappa shape index (κ3) is 2.22. The Morgan fingerprint density at radius 3 is 2.81 bits per heavy atom. The van der Waals surface area contributed by atoms with Gasteiger partial charge in [0.25, 0.3) is 0 Å². The number of H-pyrrole nitrogens is 1. The molecule has 6 heteroatoms. The molecule has 0 aliphatic heterocycles. The SMILES string of the molecule is NC(=O)c1ccccc1CCc1nn[nH]n1. The highest BCUT2D eigenvalue weighted by atomic mass is 16.1. The van der Waals surface area contributed by atoms with Crippen LogP contribution in [0.5, 0.6) is 0 Å². The summed E-state index contributed by atoms with van der Waals surface area (Å²) < 4.78 is 0. The van der Waals surface area contributed by atoms with Crippen LogP contribution in [0.15, 0.2) is 24.3 Å². The number of nitrogens with one attached hydrogen (secondary N) is 1. The van der Waals surface area contributed by atoms with E-state index < -0.39 is 5.91 Å². The van der Waals surface area contributed by atoms with Crippen molar-refractivity contribution in [2.24, 2.45) is 5.73 Å². The van der Waals surface area contributed by atoms with Crippen LogP contribution >= 0.6 is 0 Å². The lowest BCUT2D eigenvalue weighted by molar-refractivity contribution is 0.0999. The summed E-state index contributed by atoms with van der Waals surface area (Å²) in [4.78, 5) is 11.2. The predicted octanol–water partition coefficient (Wildman–Crippen LogP) is 0.0838. The Bertz CT molecular complexity index is 480. The van der Waals surface area contributed by atoms with Crippen LogP contribution in [-0.4, -0.2) is 26.5 Å². The molecule has 0 aliphatic carbocycles. The maximum absolute atomic E-state index is 11.2. The van der Waals surface area contributed by atoms with Crippen molar-refractivity contribution in [3.63, 3.8) is 0 Å². The van der Waals surface area contributed by atoms with Crippen molar-refractivity contribution in [2.45, 2.75) is 12.8 Å². The molecule has 6 nitrogen and oxygen atoms in total. The summed E-state index contributed by atoms with van der Waals surface area (Å²) >= 11 is 0. The molecule has 0 atom stereocenters. The fourth-order valence-electron chi connectivity index (χ4n) is 1.51. The van der Waals surface area contributed by atoms with E-state index in [1.165, 1.54) is 0 Å². The lowest BCUT2D eigenvalue weighted by Gasteiger charge is -2.04. The van der Waals surface area contributed by atoms with Crippen molar-refractivity contribution in [1.82, 2.24) is 20.6 Å². The van der Waals surface area contributed by atoms with Gasteiger partial charge in [-0.15, -0.1) is 10.2 Å². The number of tetrazole rings is 1. The van der Waals surface area contributed by atoms with Crippen molar-refractivity contribution in [1.29, 1.82) is 0 Å². The Hall–Kier alpha value is -2.24. The lowest BCUT2D eigenvalue weighted by Crippen LogP contribution is -2.14. The van der Waals surface area contributed by atoms with Crippen LogP contribution in [0.1, 0.15) is 21.7 Å². The van der Waals surface area contributed by atoms with Crippen LogP contribution in [0, 0.1) is 0 Å². The Labute approximate surface area is 91.9 Å². The largest absolute Gasteiger partial charge is 0.366 e. The first kappa shape index (κ1) is 10.3. The molecular weight excluding hydrogens is 206 g/mol. The minimum atomic E-state index is -0.413. The minimum Gasteiger partial charge on any atom is -0.366 e. The number of carbonyl (C=O) groups is 1. The first-order valence-electron chi connectivity index (χ1n) is 4.87. The van der Waals surface area contributed by atoms with Crippen LogP contribution in [0.4, 0.5) is 0 Å². The molecule has 0 saturated carbocycles. The highest BCUT2D eigenvalue weighted by molar-refractivity contribution is 5.94. The molecule has 2 aromatic rings. The molecule has 0 spiro atoms. The number of nitrogens with zero attached hydrogens (tertiary/aromatic N) is 3. The van der Waals surface area contributed by atoms with Crippen molar-refractivity contribution in [2.75, 3.05) is 0 Å². The summed E-state index contributed by atoms with van der Waals surface area (Å²) in [6.07, 6.45) is 1.29. The summed E-state index contributed by atoms with van der Waals surface area (Å²) in [6, 6.07) is 7.25. The van der Waals surface area contributed by atoms with E-state index in [-0.39, 0.29) is 0 Å². The zero-order valence-electron chi connectivity index (χ0n) is 8.55. The molecule has 1 aromatic heterocycles. The molecule has 1 amide bonds. The first-order chi connectivity index (χ1) is 7.77. The van der Waals surface area contributed by atoms with Gasteiger partial charge in [0.2, 0.25) is 5.91 Å². The number of hydrogen-bond acceptors (Lipinski definition) is 4. The first-order valence-corrected chi connectivity index (χ1v) is 4.87. The number of primary amides is 1. The van der Waals surface area contributed by atoms with E-state index in [4.69, 9.17) is 5.73 Å². The van der Waals surface area contributed by atoms with Crippen molar-refractivity contribution in [3.8, 4) is 0 Å². The van der Waals surface area contributed by atoms with Crippen LogP contribution in [0.2, 0.25) is 0 Å². The number of aryl methyl sites for hydroxylation is 2. The maximum Gasteiger partial charge on any atom is 0.248 e. The van der Waals surface area contributed by atoms with Crippen LogP contribution in [0.3, 0.4) is 0 Å². The zero-order chi connectivity index (χ0) is 11.4. The summed E-state index contributed by atoms with van der Waals surface area (Å²) in [6.45, 7) is 0. The van der Waals surface area contributed by atoms with E-state index in [9.17, 15) is 4.79 Å². The molecular formula is C10H11N5O. The zero-order valence-corrected chi connectivity index (χ0v) is 8.55. The highest BCUT2D eigenvalue weighted by Gasteiger charge is 2.08. The topological polar surface area (TPSA) is 97.5 Å². The third-order valence-corrected chi connectivity index (χ3v) is 2.29. The molecule has 0 saturated heterocycles. The number of amides is 1. The quantitative estimate of drug-likeness (QED) is 0.757. The molecule has 0 unspecified atom stereocenters. The summed E-state index contributed by atoms with van der Waals surface area (Å²) in [5.74, 6) is 0.211. The molecule has 82 valence electrons. The van der Waals surface area contributed by atoms with Gasteiger partial charge in [-0.3, -0.25) is 4.79 Å². The third-order valence-electron chi connectivity index (χ3n) is 2.29.